The summed E-state index contributed by atoms with van der Waals surface area (Å²) in [4.78, 5) is 15.2. The second kappa shape index (κ2) is 9.98. The summed E-state index contributed by atoms with van der Waals surface area (Å²) in [5.74, 6) is 1.80. The van der Waals surface area contributed by atoms with Gasteiger partial charge in [0.25, 0.3) is 0 Å². The lowest BCUT2D eigenvalue weighted by molar-refractivity contribution is -0.218. The molecular weight excluding hydrogens is 408 g/mol. The molecule has 1 saturated heterocycles. The number of rotatable bonds is 8. The minimum atomic E-state index is -0.687. The molecule has 0 radical (unpaired) electrons. The molecule has 0 amide bonds. The first kappa shape index (κ1) is 24.8. The first-order chi connectivity index (χ1) is 15.2. The predicted molar refractivity (Wildman–Crippen MR) is 124 cm³/mol. The van der Waals surface area contributed by atoms with E-state index in [-0.39, 0.29) is 23.9 Å². The van der Waals surface area contributed by atoms with Crippen LogP contribution in [0, 0.1) is 17.8 Å². The third-order valence-electron chi connectivity index (χ3n) is 7.02. The summed E-state index contributed by atoms with van der Waals surface area (Å²) in [5, 5.41) is 0. The maximum atomic E-state index is 12.8. The summed E-state index contributed by atoms with van der Waals surface area (Å²) in [6, 6.07) is 3.43. The molecule has 1 aromatic carbocycles. The third kappa shape index (κ3) is 4.61. The van der Waals surface area contributed by atoms with Gasteiger partial charge >= 0.3 is 5.97 Å². The molecule has 0 bridgehead atoms. The number of hydrogen-bond donors (Lipinski definition) is 1. The molecule has 2 aliphatic heterocycles. The van der Waals surface area contributed by atoms with Crippen LogP contribution < -0.4 is 15.2 Å². The minimum absolute atomic E-state index is 0.0228. The van der Waals surface area contributed by atoms with Gasteiger partial charge in [-0.05, 0) is 42.4 Å². The average Bonchev–Trinajstić information content (AvgIpc) is 2.77. The van der Waals surface area contributed by atoms with Gasteiger partial charge in [-0.3, -0.25) is 9.69 Å². The number of nitrogens with two attached hydrogens (primary N) is 1. The maximum absolute atomic E-state index is 12.8. The molecule has 2 N–H and O–H groups in total. The first-order valence-corrected chi connectivity index (χ1v) is 11.7. The van der Waals surface area contributed by atoms with E-state index in [4.69, 9.17) is 24.7 Å². The van der Waals surface area contributed by atoms with E-state index >= 15 is 0 Å². The number of methoxy groups -OCH3 is 3. The fourth-order valence-electron chi connectivity index (χ4n) is 5.21. The Labute approximate surface area is 192 Å². The van der Waals surface area contributed by atoms with Crippen LogP contribution in [0.3, 0.4) is 0 Å². The van der Waals surface area contributed by atoms with Gasteiger partial charge < -0.3 is 24.7 Å². The van der Waals surface area contributed by atoms with Gasteiger partial charge in [-0.1, -0.05) is 27.7 Å². The lowest BCUT2D eigenvalue weighted by Crippen LogP contribution is -2.61. The van der Waals surface area contributed by atoms with Crippen LogP contribution in [0.5, 0.6) is 11.5 Å². The molecule has 3 rings (SSSR count). The van der Waals surface area contributed by atoms with E-state index in [0.29, 0.717) is 23.8 Å². The summed E-state index contributed by atoms with van der Waals surface area (Å²) in [6.45, 7) is 9.96. The van der Waals surface area contributed by atoms with Crippen molar-refractivity contribution in [1.82, 2.24) is 4.90 Å². The maximum Gasteiger partial charge on any atom is 0.323 e. The molecule has 0 unspecified atom stereocenters. The first-order valence-electron chi connectivity index (χ1n) is 11.7. The molecule has 7 nitrogen and oxygen atoms in total. The third-order valence-corrected chi connectivity index (χ3v) is 7.02. The van der Waals surface area contributed by atoms with Crippen LogP contribution in [0.25, 0.3) is 0 Å². The standard InChI is InChI=1S/C25H40N2O5/c1-15(2)10-18-14-27-9-8-17-11-20(29-5)21(30-6)12-19(17)25(27,31-7)13-22(18)32-24(28)23(26)16(3)4/h11-12,15-16,18,22-23H,8-10,13-14,26H2,1-7H3/t18-,22-,23-,25-/m1/s1. The van der Waals surface area contributed by atoms with E-state index < -0.39 is 11.8 Å². The minimum Gasteiger partial charge on any atom is -0.493 e. The number of fused-ring (bicyclic) bond motifs is 3. The Balaban J connectivity index is 2.01. The van der Waals surface area contributed by atoms with Gasteiger partial charge in [-0.2, -0.15) is 0 Å². The molecule has 32 heavy (non-hydrogen) atoms. The smallest absolute Gasteiger partial charge is 0.323 e. The Morgan fingerprint density at radius 2 is 1.81 bits per heavy atom. The second-order valence-electron chi connectivity index (χ2n) is 9.89. The predicted octanol–water partition coefficient (Wildman–Crippen LogP) is 3.32. The van der Waals surface area contributed by atoms with Crippen molar-refractivity contribution in [3.63, 3.8) is 0 Å². The molecular formula is C25H40N2O5. The summed E-state index contributed by atoms with van der Waals surface area (Å²) in [7, 11) is 5.03. The highest BCUT2D eigenvalue weighted by Crippen LogP contribution is 2.48. The van der Waals surface area contributed by atoms with Crippen molar-refractivity contribution >= 4 is 5.97 Å². The molecule has 0 aliphatic carbocycles. The zero-order valence-electron chi connectivity index (χ0n) is 20.6. The number of carbonyl (C=O) groups excluding carboxylic acids is 1. The molecule has 4 atom stereocenters. The van der Waals surface area contributed by atoms with Gasteiger partial charge in [0.2, 0.25) is 0 Å². The van der Waals surface area contributed by atoms with E-state index in [2.05, 4.69) is 18.7 Å². The van der Waals surface area contributed by atoms with E-state index in [0.717, 1.165) is 31.5 Å². The van der Waals surface area contributed by atoms with E-state index in [1.165, 1.54) is 5.56 Å². The Morgan fingerprint density at radius 3 is 2.38 bits per heavy atom. The van der Waals surface area contributed by atoms with Gasteiger partial charge in [0.1, 0.15) is 12.1 Å². The van der Waals surface area contributed by atoms with Crippen LogP contribution in [0.2, 0.25) is 0 Å². The highest BCUT2D eigenvalue weighted by atomic mass is 16.6. The topological polar surface area (TPSA) is 83.2 Å². The van der Waals surface area contributed by atoms with Crippen molar-refractivity contribution in [1.29, 1.82) is 0 Å². The van der Waals surface area contributed by atoms with Crippen LogP contribution in [-0.2, 0) is 26.4 Å². The Hall–Kier alpha value is -1.83. The van der Waals surface area contributed by atoms with Crippen LogP contribution in [0.1, 0.15) is 51.7 Å². The van der Waals surface area contributed by atoms with Crippen molar-refractivity contribution in [3.8, 4) is 11.5 Å². The average molecular weight is 449 g/mol. The number of esters is 1. The zero-order valence-corrected chi connectivity index (χ0v) is 20.6. The summed E-state index contributed by atoms with van der Waals surface area (Å²) < 4.78 is 23.5. The normalized spacial score (nSPS) is 26.4. The summed E-state index contributed by atoms with van der Waals surface area (Å²) in [5.41, 5.74) is 7.66. The zero-order chi connectivity index (χ0) is 23.6. The van der Waals surface area contributed by atoms with E-state index in [1.807, 2.05) is 26.0 Å². The van der Waals surface area contributed by atoms with Gasteiger partial charge in [-0.15, -0.1) is 0 Å². The fraction of sp³-hybridized carbons (Fsp3) is 0.720. The Morgan fingerprint density at radius 1 is 1.16 bits per heavy atom. The Bertz CT molecular complexity index is 812. The van der Waals surface area contributed by atoms with Gasteiger partial charge in [-0.25, -0.2) is 0 Å². The van der Waals surface area contributed by atoms with Crippen molar-refractivity contribution in [2.75, 3.05) is 34.4 Å². The number of ether oxygens (including phenoxy) is 4. The highest BCUT2D eigenvalue weighted by Gasteiger charge is 2.52. The number of nitrogens with zero attached hydrogens (tertiary/aromatic N) is 1. The molecule has 2 heterocycles. The second-order valence-corrected chi connectivity index (χ2v) is 9.89. The molecule has 1 fully saturated rings. The lowest BCUT2D eigenvalue weighted by atomic mass is 9.76. The summed E-state index contributed by atoms with van der Waals surface area (Å²) in [6.07, 6.45) is 2.16. The van der Waals surface area contributed by atoms with Crippen LogP contribution in [-0.4, -0.2) is 57.4 Å². The van der Waals surface area contributed by atoms with Crippen molar-refractivity contribution in [2.24, 2.45) is 23.5 Å². The molecule has 180 valence electrons. The largest absolute Gasteiger partial charge is 0.493 e. The van der Waals surface area contributed by atoms with Gasteiger partial charge in [0.05, 0.1) is 14.2 Å². The molecule has 0 spiro atoms. The number of hydrogen-bond acceptors (Lipinski definition) is 7. The number of piperidine rings is 1. The van der Waals surface area contributed by atoms with Crippen molar-refractivity contribution in [3.05, 3.63) is 23.3 Å². The van der Waals surface area contributed by atoms with Gasteiger partial charge in [0.15, 0.2) is 17.2 Å². The highest BCUT2D eigenvalue weighted by molar-refractivity contribution is 5.76. The van der Waals surface area contributed by atoms with E-state index in [9.17, 15) is 4.79 Å². The molecule has 1 aromatic rings. The number of carbonyl (C=O) groups is 1. The Kier molecular flexibility index (Phi) is 7.73. The summed E-state index contributed by atoms with van der Waals surface area (Å²) >= 11 is 0. The molecule has 2 aliphatic rings. The monoisotopic (exact) mass is 448 g/mol. The van der Waals surface area contributed by atoms with Crippen molar-refractivity contribution < 1.29 is 23.7 Å². The molecule has 0 aromatic heterocycles. The number of benzene rings is 1. The van der Waals surface area contributed by atoms with Crippen LogP contribution >= 0.6 is 0 Å². The van der Waals surface area contributed by atoms with Crippen LogP contribution in [0.15, 0.2) is 12.1 Å². The van der Waals surface area contributed by atoms with Gasteiger partial charge in [0, 0.05) is 38.1 Å². The molecule has 7 heteroatoms. The quantitative estimate of drug-likeness (QED) is 0.611. The van der Waals surface area contributed by atoms with E-state index in [1.54, 1.807) is 21.3 Å². The van der Waals surface area contributed by atoms with Crippen LogP contribution in [0.4, 0.5) is 0 Å². The lowest BCUT2D eigenvalue weighted by Gasteiger charge is -2.54. The SMILES string of the molecule is COc1cc2c(cc1OC)[C@]1(OC)C[C@@H](OC(=O)[C@H](N)C(C)C)[C@H](CC(C)C)CN1CC2. The fourth-order valence-corrected chi connectivity index (χ4v) is 5.21. The molecule has 0 saturated carbocycles. The van der Waals surface area contributed by atoms with Crippen molar-refractivity contribution in [2.45, 2.75) is 64.8 Å².